The van der Waals surface area contributed by atoms with Gasteiger partial charge in [0.2, 0.25) is 5.89 Å². The summed E-state index contributed by atoms with van der Waals surface area (Å²) in [5.41, 5.74) is 2.93. The van der Waals surface area contributed by atoms with Gasteiger partial charge in [0, 0.05) is 29.4 Å². The van der Waals surface area contributed by atoms with Crippen molar-refractivity contribution in [2.24, 2.45) is 0 Å². The molecule has 5 nitrogen and oxygen atoms in total. The zero-order valence-electron chi connectivity index (χ0n) is 14.4. The van der Waals surface area contributed by atoms with Gasteiger partial charge in [0.1, 0.15) is 5.03 Å². The highest BCUT2D eigenvalue weighted by Gasteiger charge is 2.13. The first-order valence-electron chi connectivity index (χ1n) is 8.59. The highest BCUT2D eigenvalue weighted by atomic mass is 35.5. The van der Waals surface area contributed by atoms with E-state index in [1.165, 1.54) is 5.69 Å². The van der Waals surface area contributed by atoms with Crippen LogP contribution in [0.1, 0.15) is 11.5 Å². The average molecular weight is 402 g/mol. The molecule has 1 aromatic heterocycles. The zero-order chi connectivity index (χ0) is 18.6. The molecule has 0 unspecified atom stereocenters. The van der Waals surface area contributed by atoms with Crippen LogP contribution in [0.5, 0.6) is 0 Å². The lowest BCUT2D eigenvalue weighted by Gasteiger charge is -2.28. The van der Waals surface area contributed by atoms with Gasteiger partial charge in [-0.05, 0) is 48.0 Å². The van der Waals surface area contributed by atoms with Crippen LogP contribution in [-0.2, 0) is 4.74 Å². The zero-order valence-corrected chi connectivity index (χ0v) is 16.0. The van der Waals surface area contributed by atoms with E-state index in [1.54, 1.807) is 12.1 Å². The summed E-state index contributed by atoms with van der Waals surface area (Å²) >= 11 is 12.3. The number of hydrogen-bond acceptors (Lipinski definition) is 5. The molecule has 2 heterocycles. The summed E-state index contributed by atoms with van der Waals surface area (Å²) in [6.45, 7) is 3.35. The Morgan fingerprint density at radius 3 is 2.37 bits per heavy atom. The molecule has 138 valence electrons. The average Bonchev–Trinajstić information content (AvgIpc) is 3.20. The lowest BCUT2D eigenvalue weighted by Crippen LogP contribution is -2.36. The second-order valence-electron chi connectivity index (χ2n) is 6.10. The smallest absolute Gasteiger partial charge is 0.259 e. The summed E-state index contributed by atoms with van der Waals surface area (Å²) in [7, 11) is 0. The summed E-state index contributed by atoms with van der Waals surface area (Å²) in [4.78, 5) is 2.30. The lowest BCUT2D eigenvalue weighted by molar-refractivity contribution is 0.122. The molecule has 0 N–H and O–H groups in total. The second kappa shape index (κ2) is 8.13. The summed E-state index contributed by atoms with van der Waals surface area (Å²) in [5, 5.41) is 9.12. The van der Waals surface area contributed by atoms with Gasteiger partial charge in [-0.1, -0.05) is 35.3 Å². The van der Waals surface area contributed by atoms with E-state index in [-0.39, 0.29) is 5.89 Å². The number of anilines is 1. The summed E-state index contributed by atoms with van der Waals surface area (Å²) < 4.78 is 11.1. The van der Waals surface area contributed by atoms with Gasteiger partial charge >= 0.3 is 0 Å². The van der Waals surface area contributed by atoms with Gasteiger partial charge in [-0.15, -0.1) is 10.2 Å². The third-order valence-electron chi connectivity index (χ3n) is 4.28. The number of hydrogen-bond donors (Lipinski definition) is 0. The van der Waals surface area contributed by atoms with Crippen LogP contribution in [0.15, 0.2) is 52.9 Å². The third-order valence-corrected chi connectivity index (χ3v) is 4.81. The second-order valence-corrected chi connectivity index (χ2v) is 6.95. The van der Waals surface area contributed by atoms with Crippen LogP contribution in [0.25, 0.3) is 22.6 Å². The molecule has 1 aliphatic rings. The first-order chi connectivity index (χ1) is 13.2. The largest absolute Gasteiger partial charge is 0.415 e. The van der Waals surface area contributed by atoms with Crippen molar-refractivity contribution in [3.05, 3.63) is 65.0 Å². The van der Waals surface area contributed by atoms with Gasteiger partial charge in [0.05, 0.1) is 13.2 Å². The van der Waals surface area contributed by atoms with Crippen LogP contribution in [0.2, 0.25) is 5.02 Å². The van der Waals surface area contributed by atoms with E-state index in [4.69, 9.17) is 32.4 Å². The number of benzene rings is 2. The van der Waals surface area contributed by atoms with Gasteiger partial charge in [-0.3, -0.25) is 0 Å². The maximum atomic E-state index is 6.37. The van der Waals surface area contributed by atoms with Crippen LogP contribution < -0.4 is 4.90 Å². The van der Waals surface area contributed by atoms with Gasteiger partial charge in [0.15, 0.2) is 0 Å². The van der Waals surface area contributed by atoms with Gasteiger partial charge in [-0.25, -0.2) is 0 Å². The van der Waals surface area contributed by atoms with Crippen molar-refractivity contribution in [2.45, 2.75) is 0 Å². The fourth-order valence-electron chi connectivity index (χ4n) is 2.84. The molecule has 3 aromatic rings. The van der Waals surface area contributed by atoms with Crippen molar-refractivity contribution < 1.29 is 9.15 Å². The molecule has 27 heavy (non-hydrogen) atoms. The van der Waals surface area contributed by atoms with Crippen LogP contribution in [0.4, 0.5) is 5.69 Å². The predicted octanol–water partition coefficient (Wildman–Crippen LogP) is 4.96. The molecule has 0 aliphatic carbocycles. The van der Waals surface area contributed by atoms with E-state index >= 15 is 0 Å². The Morgan fingerprint density at radius 2 is 1.67 bits per heavy atom. The minimum absolute atomic E-state index is 0.277. The lowest BCUT2D eigenvalue weighted by atomic mass is 10.1. The van der Waals surface area contributed by atoms with E-state index in [0.717, 1.165) is 37.4 Å². The van der Waals surface area contributed by atoms with Crippen molar-refractivity contribution >= 4 is 40.0 Å². The Hall–Kier alpha value is -2.34. The van der Waals surface area contributed by atoms with Crippen molar-refractivity contribution in [1.29, 1.82) is 0 Å². The fraction of sp³-hybridized carbons (Fsp3) is 0.200. The maximum Gasteiger partial charge on any atom is 0.259 e. The summed E-state index contributed by atoms with van der Waals surface area (Å²) in [6.07, 6.45) is 1.81. The monoisotopic (exact) mass is 401 g/mol. The van der Waals surface area contributed by atoms with Crippen LogP contribution >= 0.6 is 23.2 Å². The number of ether oxygens (including phenoxy) is 1. The first-order valence-corrected chi connectivity index (χ1v) is 9.34. The molecule has 0 saturated carbocycles. The molecular weight excluding hydrogens is 385 g/mol. The van der Waals surface area contributed by atoms with Crippen molar-refractivity contribution in [3.63, 3.8) is 0 Å². The number of aromatic nitrogens is 2. The van der Waals surface area contributed by atoms with Crippen molar-refractivity contribution in [3.8, 4) is 11.5 Å². The molecule has 0 atom stereocenters. The molecule has 2 aromatic carbocycles. The van der Waals surface area contributed by atoms with Gasteiger partial charge in [-0.2, -0.15) is 0 Å². The van der Waals surface area contributed by atoms with Crippen LogP contribution in [0, 0.1) is 0 Å². The molecular formula is C20H17Cl2N3O2. The minimum Gasteiger partial charge on any atom is -0.415 e. The van der Waals surface area contributed by atoms with Gasteiger partial charge in [0.25, 0.3) is 5.89 Å². The maximum absolute atomic E-state index is 6.37. The quantitative estimate of drug-likeness (QED) is 0.617. The predicted molar refractivity (Wildman–Crippen MR) is 108 cm³/mol. The van der Waals surface area contributed by atoms with E-state index in [0.29, 0.717) is 15.9 Å². The molecule has 1 aliphatic heterocycles. The Labute approximate surface area is 167 Å². The van der Waals surface area contributed by atoms with Crippen molar-refractivity contribution in [1.82, 2.24) is 10.2 Å². The third kappa shape index (κ3) is 4.33. The number of halogens is 2. The molecule has 7 heteroatoms. The Morgan fingerprint density at radius 1 is 0.963 bits per heavy atom. The topological polar surface area (TPSA) is 51.4 Å². The molecule has 0 spiro atoms. The number of nitrogens with zero attached hydrogens (tertiary/aromatic N) is 3. The molecule has 1 fully saturated rings. The van der Waals surface area contributed by atoms with E-state index < -0.39 is 0 Å². The highest BCUT2D eigenvalue weighted by molar-refractivity contribution is 6.50. The normalized spacial score (nSPS) is 15.2. The van der Waals surface area contributed by atoms with E-state index in [9.17, 15) is 0 Å². The molecule has 0 radical (unpaired) electrons. The Kier molecular flexibility index (Phi) is 5.43. The fourth-order valence-corrected chi connectivity index (χ4v) is 3.17. The first kappa shape index (κ1) is 18.0. The minimum atomic E-state index is 0.277. The Balaban J connectivity index is 1.49. The molecule has 1 saturated heterocycles. The molecule has 0 bridgehead atoms. The summed E-state index contributed by atoms with van der Waals surface area (Å²) in [5.74, 6) is 0.676. The molecule has 4 rings (SSSR count). The van der Waals surface area contributed by atoms with Crippen LogP contribution in [-0.4, -0.2) is 36.5 Å². The van der Waals surface area contributed by atoms with Gasteiger partial charge < -0.3 is 14.1 Å². The standard InChI is InChI=1S/C20H17Cl2N3O2/c21-16-5-3-15(4-6-16)19-23-24-20(27-19)18(22)13-14-1-7-17(8-2-14)25-9-11-26-12-10-25/h1-8,13H,9-12H2/b18-13-. The van der Waals surface area contributed by atoms with E-state index in [1.807, 2.05) is 30.3 Å². The highest BCUT2D eigenvalue weighted by Crippen LogP contribution is 2.26. The number of rotatable bonds is 4. The van der Waals surface area contributed by atoms with Crippen molar-refractivity contribution in [2.75, 3.05) is 31.2 Å². The Bertz CT molecular complexity index is 931. The SMILES string of the molecule is Cl/C(=C\c1ccc(N2CCOCC2)cc1)c1nnc(-c2ccc(Cl)cc2)o1. The van der Waals surface area contributed by atoms with Crippen LogP contribution in [0.3, 0.4) is 0 Å². The summed E-state index contributed by atoms with van der Waals surface area (Å²) in [6, 6.07) is 15.4. The number of morpholine rings is 1. The molecule has 0 amide bonds. The van der Waals surface area contributed by atoms with E-state index in [2.05, 4.69) is 27.2 Å².